The van der Waals surface area contributed by atoms with E-state index in [1.54, 1.807) is 6.20 Å². The van der Waals surface area contributed by atoms with Crippen LogP contribution in [0.15, 0.2) is 18.3 Å². The molecule has 0 saturated heterocycles. The van der Waals surface area contributed by atoms with Crippen LogP contribution < -0.4 is 10.1 Å². The fourth-order valence-electron chi connectivity index (χ4n) is 1.54. The number of pyridine rings is 1. The molecule has 1 aromatic heterocycles. The third-order valence-electron chi connectivity index (χ3n) is 3.02. The van der Waals surface area contributed by atoms with Crippen LogP contribution in [0.4, 0.5) is 5.82 Å². The van der Waals surface area contributed by atoms with Gasteiger partial charge in [0.25, 0.3) is 0 Å². The Morgan fingerprint density at radius 3 is 3.00 bits per heavy atom. The maximum absolute atomic E-state index is 5.65. The maximum Gasteiger partial charge on any atom is 0.168 e. The Hall–Kier alpha value is -1.25. The first-order valence-electron chi connectivity index (χ1n) is 6.05. The molecule has 0 atom stereocenters. The highest BCUT2D eigenvalue weighted by molar-refractivity contribution is 5.49. The Bertz CT molecular complexity index is 348. The second-order valence-electron chi connectivity index (χ2n) is 4.86. The number of ether oxygens (including phenoxy) is 1. The van der Waals surface area contributed by atoms with E-state index in [0.29, 0.717) is 5.41 Å². The topological polar surface area (TPSA) is 34.1 Å². The van der Waals surface area contributed by atoms with Gasteiger partial charge in [0.1, 0.15) is 0 Å². The molecular formula is C13H20N2O. The molecule has 0 radical (unpaired) electrons. The van der Waals surface area contributed by atoms with Crippen LogP contribution in [0, 0.1) is 5.41 Å². The Kier molecular flexibility index (Phi) is 3.32. The molecule has 1 aromatic rings. The van der Waals surface area contributed by atoms with E-state index in [2.05, 4.69) is 24.1 Å². The van der Waals surface area contributed by atoms with Crippen molar-refractivity contribution < 1.29 is 4.74 Å². The van der Waals surface area contributed by atoms with Gasteiger partial charge in [0.05, 0.1) is 6.61 Å². The lowest BCUT2D eigenvalue weighted by molar-refractivity contribution is 0.317. The zero-order valence-corrected chi connectivity index (χ0v) is 10.1. The minimum absolute atomic E-state index is 0.486. The number of rotatable bonds is 6. The molecule has 0 spiro atoms. The van der Waals surface area contributed by atoms with Gasteiger partial charge >= 0.3 is 0 Å². The average Bonchev–Trinajstić information content (AvgIpc) is 3.04. The third-order valence-corrected chi connectivity index (χ3v) is 3.02. The van der Waals surface area contributed by atoms with E-state index in [-0.39, 0.29) is 0 Å². The summed E-state index contributed by atoms with van der Waals surface area (Å²) in [7, 11) is 0. The summed E-state index contributed by atoms with van der Waals surface area (Å²) in [6, 6.07) is 3.88. The van der Waals surface area contributed by atoms with Gasteiger partial charge in [0.15, 0.2) is 11.6 Å². The first-order valence-corrected chi connectivity index (χ1v) is 6.05. The second kappa shape index (κ2) is 4.73. The molecule has 1 heterocycles. The quantitative estimate of drug-likeness (QED) is 0.800. The average molecular weight is 220 g/mol. The molecule has 88 valence electrons. The number of nitrogens with one attached hydrogen (secondary N) is 1. The van der Waals surface area contributed by atoms with Crippen molar-refractivity contribution in [3.63, 3.8) is 0 Å². The summed E-state index contributed by atoms with van der Waals surface area (Å²) in [5.41, 5.74) is 0.486. The SMILES string of the molecule is CCCOc1cccnc1NCC1(C)CC1. The molecule has 1 N–H and O–H groups in total. The van der Waals surface area contributed by atoms with Crippen molar-refractivity contribution >= 4 is 5.82 Å². The number of hydrogen-bond donors (Lipinski definition) is 1. The lowest BCUT2D eigenvalue weighted by atomic mass is 10.1. The van der Waals surface area contributed by atoms with Gasteiger partial charge in [-0.3, -0.25) is 0 Å². The van der Waals surface area contributed by atoms with Crippen LogP contribution in [0.3, 0.4) is 0 Å². The van der Waals surface area contributed by atoms with Gasteiger partial charge in [-0.1, -0.05) is 13.8 Å². The van der Waals surface area contributed by atoms with E-state index in [0.717, 1.165) is 31.1 Å². The van der Waals surface area contributed by atoms with Gasteiger partial charge in [-0.25, -0.2) is 4.98 Å². The maximum atomic E-state index is 5.65. The molecule has 0 aliphatic heterocycles. The minimum Gasteiger partial charge on any atom is -0.490 e. The molecule has 0 unspecified atom stereocenters. The Balaban J connectivity index is 1.95. The van der Waals surface area contributed by atoms with Gasteiger partial charge in [0.2, 0.25) is 0 Å². The van der Waals surface area contributed by atoms with Crippen molar-refractivity contribution in [1.29, 1.82) is 0 Å². The number of anilines is 1. The molecule has 0 amide bonds. The largest absolute Gasteiger partial charge is 0.490 e. The smallest absolute Gasteiger partial charge is 0.168 e. The summed E-state index contributed by atoms with van der Waals surface area (Å²) in [5, 5.41) is 3.39. The summed E-state index contributed by atoms with van der Waals surface area (Å²) in [4.78, 5) is 4.33. The number of aromatic nitrogens is 1. The van der Waals surface area contributed by atoms with Crippen LogP contribution in [0.25, 0.3) is 0 Å². The Morgan fingerprint density at radius 2 is 2.31 bits per heavy atom. The van der Waals surface area contributed by atoms with Crippen molar-refractivity contribution in [2.24, 2.45) is 5.41 Å². The third kappa shape index (κ3) is 2.87. The molecule has 1 aliphatic carbocycles. The van der Waals surface area contributed by atoms with Crippen molar-refractivity contribution in [3.05, 3.63) is 18.3 Å². The molecule has 1 fully saturated rings. The van der Waals surface area contributed by atoms with E-state index in [1.165, 1.54) is 12.8 Å². The van der Waals surface area contributed by atoms with Crippen molar-refractivity contribution in [2.45, 2.75) is 33.1 Å². The van der Waals surface area contributed by atoms with Crippen molar-refractivity contribution in [1.82, 2.24) is 4.98 Å². The minimum atomic E-state index is 0.486. The molecule has 1 aliphatic rings. The van der Waals surface area contributed by atoms with Crippen LogP contribution in [-0.4, -0.2) is 18.1 Å². The zero-order chi connectivity index (χ0) is 11.4. The molecular weight excluding hydrogens is 200 g/mol. The first kappa shape index (κ1) is 11.2. The first-order chi connectivity index (χ1) is 7.73. The molecule has 0 aromatic carbocycles. The van der Waals surface area contributed by atoms with Crippen LogP contribution in [0.5, 0.6) is 5.75 Å². The number of hydrogen-bond acceptors (Lipinski definition) is 3. The van der Waals surface area contributed by atoms with Crippen molar-refractivity contribution in [3.8, 4) is 5.75 Å². The summed E-state index contributed by atoms with van der Waals surface area (Å²) in [6.45, 7) is 6.15. The fraction of sp³-hybridized carbons (Fsp3) is 0.615. The van der Waals surface area contributed by atoms with E-state index in [9.17, 15) is 0 Å². The van der Waals surface area contributed by atoms with Crippen LogP contribution in [0.1, 0.15) is 33.1 Å². The van der Waals surface area contributed by atoms with Crippen LogP contribution in [0.2, 0.25) is 0 Å². The van der Waals surface area contributed by atoms with Crippen LogP contribution in [-0.2, 0) is 0 Å². The fourth-order valence-corrected chi connectivity index (χ4v) is 1.54. The second-order valence-corrected chi connectivity index (χ2v) is 4.86. The van der Waals surface area contributed by atoms with Gasteiger partial charge < -0.3 is 10.1 Å². The summed E-state index contributed by atoms with van der Waals surface area (Å²) in [5.74, 6) is 1.75. The molecule has 3 heteroatoms. The highest BCUT2D eigenvalue weighted by atomic mass is 16.5. The predicted molar refractivity (Wildman–Crippen MR) is 65.9 cm³/mol. The van der Waals surface area contributed by atoms with Gasteiger partial charge in [-0.2, -0.15) is 0 Å². The summed E-state index contributed by atoms with van der Waals surface area (Å²) < 4.78 is 5.65. The molecule has 2 rings (SSSR count). The van der Waals surface area contributed by atoms with Gasteiger partial charge in [-0.15, -0.1) is 0 Å². The van der Waals surface area contributed by atoms with E-state index < -0.39 is 0 Å². The lowest BCUT2D eigenvalue weighted by Crippen LogP contribution is -2.13. The van der Waals surface area contributed by atoms with Crippen molar-refractivity contribution in [2.75, 3.05) is 18.5 Å². The highest BCUT2D eigenvalue weighted by Gasteiger charge is 2.37. The molecule has 1 saturated carbocycles. The summed E-state index contributed by atoms with van der Waals surface area (Å²) >= 11 is 0. The predicted octanol–water partition coefficient (Wildman–Crippen LogP) is 3.08. The molecule has 0 bridgehead atoms. The van der Waals surface area contributed by atoms with Gasteiger partial charge in [-0.05, 0) is 36.8 Å². The monoisotopic (exact) mass is 220 g/mol. The number of nitrogens with zero attached hydrogens (tertiary/aromatic N) is 1. The normalized spacial score (nSPS) is 16.9. The van der Waals surface area contributed by atoms with E-state index in [4.69, 9.17) is 4.74 Å². The van der Waals surface area contributed by atoms with E-state index >= 15 is 0 Å². The Labute approximate surface area is 97.2 Å². The standard InChI is InChI=1S/C13H20N2O/c1-3-9-16-11-5-4-8-14-12(11)15-10-13(2)6-7-13/h4-5,8H,3,6-7,9-10H2,1-2H3,(H,14,15). The van der Waals surface area contributed by atoms with Gasteiger partial charge in [0, 0.05) is 12.7 Å². The highest BCUT2D eigenvalue weighted by Crippen LogP contribution is 2.44. The van der Waals surface area contributed by atoms with Crippen LogP contribution >= 0.6 is 0 Å². The zero-order valence-electron chi connectivity index (χ0n) is 10.1. The Morgan fingerprint density at radius 1 is 1.50 bits per heavy atom. The summed E-state index contributed by atoms with van der Waals surface area (Å²) in [6.07, 6.45) is 5.46. The lowest BCUT2D eigenvalue weighted by Gasteiger charge is -2.14. The van der Waals surface area contributed by atoms with E-state index in [1.807, 2.05) is 12.1 Å². The molecule has 16 heavy (non-hydrogen) atoms. The molecule has 3 nitrogen and oxygen atoms in total.